The van der Waals surface area contributed by atoms with E-state index in [1.54, 1.807) is 12.1 Å². The Kier molecular flexibility index (Phi) is 7.04. The first kappa shape index (κ1) is 25.6. The van der Waals surface area contributed by atoms with E-state index in [4.69, 9.17) is 0 Å². The lowest BCUT2D eigenvalue weighted by Gasteiger charge is -2.14. The van der Waals surface area contributed by atoms with Crippen LogP contribution in [0, 0.1) is 23.8 Å². The molecule has 0 aromatic heterocycles. The molecule has 0 spiro atoms. The maximum Gasteiger partial charge on any atom is 0.295 e. The van der Waals surface area contributed by atoms with Crippen molar-refractivity contribution in [3.63, 3.8) is 0 Å². The van der Waals surface area contributed by atoms with Crippen LogP contribution in [0.25, 0.3) is 11.1 Å². The van der Waals surface area contributed by atoms with Gasteiger partial charge in [-0.1, -0.05) is 12.1 Å². The number of nitro groups is 2. The summed E-state index contributed by atoms with van der Waals surface area (Å²) in [6, 6.07) is 10.7. The molecule has 3 aromatic rings. The highest BCUT2D eigenvalue weighted by Gasteiger charge is 2.27. The number of rotatable bonds is 7. The van der Waals surface area contributed by atoms with Crippen LogP contribution in [0.2, 0.25) is 0 Å². The quantitative estimate of drug-likeness (QED) is 0.169. The summed E-state index contributed by atoms with van der Waals surface area (Å²) in [6.07, 6.45) is -0.507. The first-order valence-electron chi connectivity index (χ1n) is 8.98. The Morgan fingerprint density at radius 1 is 0.765 bits per heavy atom. The van der Waals surface area contributed by atoms with E-state index in [1.807, 2.05) is 22.6 Å². The molecule has 2 N–H and O–H groups in total. The standard InChI is InChI=1S/C19H13IN2O10S2/c20-14-4-1-11(2-5-14)16-8-13(18(33(27,28)29)10-19(16)34(30,31)32)7-12-3-6-15(21(23)24)9-17(12)22(25)26/h1-6,8-10H,7H2,(H,27,28,29)(H,30,31,32). The van der Waals surface area contributed by atoms with Gasteiger partial charge in [0.15, 0.2) is 0 Å². The second kappa shape index (κ2) is 9.34. The fourth-order valence-electron chi connectivity index (χ4n) is 3.24. The molecule has 0 fully saturated rings. The second-order valence-corrected chi connectivity index (χ2v) is 10.9. The summed E-state index contributed by atoms with van der Waals surface area (Å²) in [4.78, 5) is 19.0. The molecule has 15 heteroatoms. The van der Waals surface area contributed by atoms with Gasteiger partial charge >= 0.3 is 0 Å². The van der Waals surface area contributed by atoms with Crippen LogP contribution in [0.3, 0.4) is 0 Å². The van der Waals surface area contributed by atoms with Gasteiger partial charge in [0.25, 0.3) is 31.6 Å². The molecule has 3 rings (SSSR count). The molecule has 0 aliphatic heterocycles. The zero-order chi connectivity index (χ0) is 25.4. The van der Waals surface area contributed by atoms with E-state index in [2.05, 4.69) is 0 Å². The monoisotopic (exact) mass is 620 g/mol. The van der Waals surface area contributed by atoms with Crippen molar-refractivity contribution in [2.24, 2.45) is 0 Å². The molecular formula is C19H13IN2O10S2. The fourth-order valence-corrected chi connectivity index (χ4v) is 5.13. The minimum Gasteiger partial charge on any atom is -0.282 e. The number of nitro benzene ring substituents is 2. The highest BCUT2D eigenvalue weighted by atomic mass is 127. The predicted octanol–water partition coefficient (Wildman–Crippen LogP) is 3.86. The molecule has 178 valence electrons. The van der Waals surface area contributed by atoms with E-state index in [0.717, 1.165) is 21.8 Å². The minimum absolute atomic E-state index is 0.120. The molecule has 3 aromatic carbocycles. The summed E-state index contributed by atoms with van der Waals surface area (Å²) in [6.45, 7) is 0. The number of hydrogen-bond donors (Lipinski definition) is 2. The Labute approximate surface area is 206 Å². The summed E-state index contributed by atoms with van der Waals surface area (Å²) in [5, 5.41) is 22.5. The molecule has 12 nitrogen and oxygen atoms in total. The lowest BCUT2D eigenvalue weighted by Crippen LogP contribution is -2.10. The van der Waals surface area contributed by atoms with E-state index in [-0.39, 0.29) is 22.3 Å². The number of hydrogen-bond acceptors (Lipinski definition) is 8. The zero-order valence-corrected chi connectivity index (χ0v) is 20.4. The Morgan fingerprint density at radius 3 is 1.85 bits per heavy atom. The van der Waals surface area contributed by atoms with Gasteiger partial charge in [0.05, 0.1) is 20.8 Å². The van der Waals surface area contributed by atoms with E-state index >= 15 is 0 Å². The van der Waals surface area contributed by atoms with Crippen molar-refractivity contribution in [3.8, 4) is 11.1 Å². The van der Waals surface area contributed by atoms with Crippen LogP contribution < -0.4 is 0 Å². The first-order chi connectivity index (χ1) is 15.7. The smallest absolute Gasteiger partial charge is 0.282 e. The van der Waals surface area contributed by atoms with Gasteiger partial charge < -0.3 is 0 Å². The maximum absolute atomic E-state index is 12.0. The molecule has 34 heavy (non-hydrogen) atoms. The minimum atomic E-state index is -5.05. The van der Waals surface area contributed by atoms with E-state index in [9.17, 15) is 46.2 Å². The Balaban J connectivity index is 2.33. The van der Waals surface area contributed by atoms with Crippen molar-refractivity contribution in [2.45, 2.75) is 16.2 Å². The van der Waals surface area contributed by atoms with Crippen LogP contribution in [0.15, 0.2) is 64.4 Å². The SMILES string of the molecule is O=[N+]([O-])c1ccc(Cc2cc(-c3ccc(I)cc3)c(S(=O)(=O)O)cc2S(=O)(=O)O)c([N+](=O)[O-])c1. The van der Waals surface area contributed by atoms with Crippen molar-refractivity contribution in [1.29, 1.82) is 0 Å². The Morgan fingerprint density at radius 2 is 1.35 bits per heavy atom. The Bertz CT molecular complexity index is 1540. The van der Waals surface area contributed by atoms with Crippen molar-refractivity contribution in [1.82, 2.24) is 0 Å². The van der Waals surface area contributed by atoms with Crippen molar-refractivity contribution in [3.05, 3.63) is 89.5 Å². The van der Waals surface area contributed by atoms with Gasteiger partial charge in [-0.25, -0.2) is 0 Å². The number of nitrogens with zero attached hydrogens (tertiary/aromatic N) is 2. The highest BCUT2D eigenvalue weighted by molar-refractivity contribution is 14.1. The molecular weight excluding hydrogens is 607 g/mol. The van der Waals surface area contributed by atoms with Gasteiger partial charge in [-0.05, 0) is 64.0 Å². The van der Waals surface area contributed by atoms with Gasteiger partial charge in [-0.2, -0.15) is 16.8 Å². The summed E-state index contributed by atoms with van der Waals surface area (Å²) >= 11 is 2.00. The number of non-ortho nitro benzene ring substituents is 1. The molecule has 0 atom stereocenters. The van der Waals surface area contributed by atoms with Crippen molar-refractivity contribution < 1.29 is 35.8 Å². The average molecular weight is 620 g/mol. The highest BCUT2D eigenvalue weighted by Crippen LogP contribution is 2.35. The third kappa shape index (κ3) is 5.55. The van der Waals surface area contributed by atoms with Crippen LogP contribution in [0.5, 0.6) is 0 Å². The van der Waals surface area contributed by atoms with E-state index < -0.39 is 57.7 Å². The molecule has 0 aliphatic carbocycles. The van der Waals surface area contributed by atoms with Gasteiger partial charge in [-0.3, -0.25) is 29.3 Å². The van der Waals surface area contributed by atoms with E-state index in [1.165, 1.54) is 12.1 Å². The van der Waals surface area contributed by atoms with Gasteiger partial charge in [0.2, 0.25) is 0 Å². The zero-order valence-electron chi connectivity index (χ0n) is 16.7. The molecule has 0 unspecified atom stereocenters. The topological polar surface area (TPSA) is 195 Å². The van der Waals surface area contributed by atoms with Crippen LogP contribution in [-0.4, -0.2) is 35.8 Å². The van der Waals surface area contributed by atoms with E-state index in [0.29, 0.717) is 12.1 Å². The summed E-state index contributed by atoms with van der Waals surface area (Å²) in [7, 11) is -10.0. The summed E-state index contributed by atoms with van der Waals surface area (Å²) < 4.78 is 68.3. The molecule has 0 heterocycles. The fraction of sp³-hybridized carbons (Fsp3) is 0.0526. The first-order valence-corrected chi connectivity index (χ1v) is 12.9. The number of halogens is 1. The lowest BCUT2D eigenvalue weighted by atomic mass is 9.98. The third-order valence-electron chi connectivity index (χ3n) is 4.73. The van der Waals surface area contributed by atoms with Gasteiger partial charge in [0, 0.05) is 27.2 Å². The molecule has 0 radical (unpaired) electrons. The lowest BCUT2D eigenvalue weighted by molar-refractivity contribution is -0.394. The summed E-state index contributed by atoms with van der Waals surface area (Å²) in [5.74, 6) is 0. The molecule has 0 amide bonds. The van der Waals surface area contributed by atoms with Crippen molar-refractivity contribution in [2.75, 3.05) is 0 Å². The largest absolute Gasteiger partial charge is 0.295 e. The van der Waals surface area contributed by atoms with Crippen LogP contribution in [0.4, 0.5) is 11.4 Å². The van der Waals surface area contributed by atoms with Crippen LogP contribution >= 0.6 is 22.6 Å². The van der Waals surface area contributed by atoms with Crippen molar-refractivity contribution >= 4 is 54.2 Å². The molecule has 0 saturated carbocycles. The number of benzene rings is 3. The Hall–Kier alpha value is -2.99. The maximum atomic E-state index is 12.0. The molecule has 0 bridgehead atoms. The second-order valence-electron chi connectivity index (χ2n) is 6.92. The van der Waals surface area contributed by atoms with Crippen LogP contribution in [0.1, 0.15) is 11.1 Å². The normalized spacial score (nSPS) is 11.9. The molecule has 0 saturated heterocycles. The predicted molar refractivity (Wildman–Crippen MR) is 127 cm³/mol. The van der Waals surface area contributed by atoms with Gasteiger partial charge in [-0.15, -0.1) is 0 Å². The van der Waals surface area contributed by atoms with Crippen LogP contribution in [-0.2, 0) is 26.7 Å². The average Bonchev–Trinajstić information content (AvgIpc) is 2.72. The molecule has 0 aliphatic rings. The summed E-state index contributed by atoms with van der Waals surface area (Å²) in [5.41, 5.74) is -1.45. The third-order valence-corrected chi connectivity index (χ3v) is 7.28. The van der Waals surface area contributed by atoms with Gasteiger partial charge in [0.1, 0.15) is 4.90 Å².